The van der Waals surface area contributed by atoms with Crippen molar-refractivity contribution >= 4 is 23.2 Å². The summed E-state index contributed by atoms with van der Waals surface area (Å²) >= 11 is 0. The Morgan fingerprint density at radius 1 is 1.17 bits per heavy atom. The number of hydrogen-bond acceptors (Lipinski definition) is 2. The Hall–Kier alpha value is -2.62. The molecule has 4 heteroatoms. The van der Waals surface area contributed by atoms with Crippen LogP contribution in [0, 0.1) is 0 Å². The number of rotatable bonds is 4. The van der Waals surface area contributed by atoms with Crippen LogP contribution in [0.2, 0.25) is 0 Å². The molecule has 2 aromatic carbocycles. The summed E-state index contributed by atoms with van der Waals surface area (Å²) in [6.45, 7) is 4.28. The van der Waals surface area contributed by atoms with Crippen molar-refractivity contribution in [2.75, 3.05) is 17.3 Å². The predicted octanol–water partition coefficient (Wildman–Crippen LogP) is 3.51. The van der Waals surface area contributed by atoms with Crippen molar-refractivity contribution in [3.05, 3.63) is 59.2 Å². The van der Waals surface area contributed by atoms with E-state index in [0.29, 0.717) is 18.8 Å². The van der Waals surface area contributed by atoms with Gasteiger partial charge in [0, 0.05) is 18.4 Å². The first-order valence-electron chi connectivity index (χ1n) is 8.22. The molecule has 0 radical (unpaired) electrons. The molecule has 3 rings (SSSR count). The molecule has 4 nitrogen and oxygen atoms in total. The number of fused-ring (bicyclic) bond motifs is 1. The Balaban J connectivity index is 1.65. The van der Waals surface area contributed by atoms with Crippen molar-refractivity contribution in [1.82, 2.24) is 0 Å². The molecule has 24 heavy (non-hydrogen) atoms. The lowest BCUT2D eigenvalue weighted by Gasteiger charge is -2.11. The summed E-state index contributed by atoms with van der Waals surface area (Å²) in [6.07, 6.45) is 0.717. The minimum Gasteiger partial charge on any atom is -0.326 e. The highest BCUT2D eigenvalue weighted by Gasteiger charge is 2.24. The van der Waals surface area contributed by atoms with Gasteiger partial charge in [-0.05, 0) is 40.8 Å². The Morgan fingerprint density at radius 2 is 1.88 bits per heavy atom. The maximum absolute atomic E-state index is 12.2. The second kappa shape index (κ2) is 6.48. The Labute approximate surface area is 142 Å². The van der Waals surface area contributed by atoms with E-state index in [1.165, 1.54) is 5.56 Å². The van der Waals surface area contributed by atoms with Gasteiger partial charge in [0.1, 0.15) is 0 Å². The Bertz CT molecular complexity index is 779. The molecule has 0 unspecified atom stereocenters. The number of carbonyl (C=O) groups excluding carboxylic acids is 2. The van der Waals surface area contributed by atoms with Crippen molar-refractivity contribution in [3.63, 3.8) is 0 Å². The predicted molar refractivity (Wildman–Crippen MR) is 96.4 cm³/mol. The first-order valence-corrected chi connectivity index (χ1v) is 8.22. The molecule has 1 heterocycles. The summed E-state index contributed by atoms with van der Waals surface area (Å²) in [5.41, 5.74) is 4.91. The first-order chi connectivity index (χ1) is 11.4. The van der Waals surface area contributed by atoms with Crippen LogP contribution in [0.4, 0.5) is 11.4 Å². The molecule has 2 amide bonds. The second-order valence-electron chi connectivity index (χ2n) is 6.59. The van der Waals surface area contributed by atoms with E-state index in [9.17, 15) is 9.59 Å². The molecule has 0 bridgehead atoms. The van der Waals surface area contributed by atoms with Gasteiger partial charge >= 0.3 is 0 Å². The largest absolute Gasteiger partial charge is 0.326 e. The summed E-state index contributed by atoms with van der Waals surface area (Å²) in [4.78, 5) is 25.6. The number of amides is 2. The van der Waals surface area contributed by atoms with Gasteiger partial charge in [-0.1, -0.05) is 38.1 Å². The highest BCUT2D eigenvalue weighted by Crippen LogP contribution is 2.28. The number of likely N-dealkylation sites (N-methyl/N-ethyl adjacent to an activating group) is 1. The van der Waals surface area contributed by atoms with Gasteiger partial charge in [0.2, 0.25) is 11.8 Å². The molecule has 0 atom stereocenters. The average molecular weight is 322 g/mol. The van der Waals surface area contributed by atoms with Gasteiger partial charge in [-0.15, -0.1) is 0 Å². The first kappa shape index (κ1) is 16.2. The van der Waals surface area contributed by atoms with Crippen LogP contribution < -0.4 is 10.2 Å². The van der Waals surface area contributed by atoms with Crippen molar-refractivity contribution in [2.45, 2.75) is 32.6 Å². The van der Waals surface area contributed by atoms with E-state index in [2.05, 4.69) is 19.2 Å². The van der Waals surface area contributed by atoms with E-state index < -0.39 is 0 Å². The Morgan fingerprint density at radius 3 is 2.54 bits per heavy atom. The maximum Gasteiger partial charge on any atom is 0.231 e. The van der Waals surface area contributed by atoms with Crippen LogP contribution in [0.15, 0.2) is 42.5 Å². The fourth-order valence-electron chi connectivity index (χ4n) is 2.98. The number of carbonyl (C=O) groups is 2. The van der Waals surface area contributed by atoms with E-state index >= 15 is 0 Å². The van der Waals surface area contributed by atoms with Crippen LogP contribution in [-0.2, 0) is 22.4 Å². The number of nitrogens with zero attached hydrogens (tertiary/aromatic N) is 1. The highest BCUT2D eigenvalue weighted by molar-refractivity contribution is 6.01. The molecule has 0 spiro atoms. The Kier molecular flexibility index (Phi) is 4.38. The van der Waals surface area contributed by atoms with E-state index in [4.69, 9.17) is 0 Å². The molecule has 1 aliphatic rings. The van der Waals surface area contributed by atoms with Crippen LogP contribution >= 0.6 is 0 Å². The SMILES string of the molecule is CC(C)c1ccc(NC(=O)Cc2ccc3c(c2)CC(=O)N3C)cc1. The summed E-state index contributed by atoms with van der Waals surface area (Å²) in [5, 5.41) is 2.93. The minimum atomic E-state index is -0.0510. The lowest BCUT2D eigenvalue weighted by Crippen LogP contribution is -2.20. The van der Waals surface area contributed by atoms with Gasteiger partial charge < -0.3 is 10.2 Å². The molecule has 0 saturated carbocycles. The van der Waals surface area contributed by atoms with Crippen molar-refractivity contribution < 1.29 is 9.59 Å². The van der Waals surface area contributed by atoms with Crippen LogP contribution in [0.25, 0.3) is 0 Å². The van der Waals surface area contributed by atoms with E-state index in [-0.39, 0.29) is 11.8 Å². The monoisotopic (exact) mass is 322 g/mol. The van der Waals surface area contributed by atoms with Gasteiger partial charge in [0.15, 0.2) is 0 Å². The minimum absolute atomic E-state index is 0.0510. The van der Waals surface area contributed by atoms with Gasteiger partial charge in [-0.3, -0.25) is 9.59 Å². The normalized spacial score (nSPS) is 13.3. The number of benzene rings is 2. The van der Waals surface area contributed by atoms with E-state index in [0.717, 1.165) is 22.5 Å². The molecular formula is C20H22N2O2. The quantitative estimate of drug-likeness (QED) is 0.936. The molecule has 124 valence electrons. The summed E-state index contributed by atoms with van der Waals surface area (Å²) < 4.78 is 0. The van der Waals surface area contributed by atoms with Crippen molar-refractivity contribution in [1.29, 1.82) is 0 Å². The van der Waals surface area contributed by atoms with Crippen LogP contribution in [0.5, 0.6) is 0 Å². The average Bonchev–Trinajstić information content (AvgIpc) is 2.82. The maximum atomic E-state index is 12.2. The third kappa shape index (κ3) is 3.32. The molecule has 2 aromatic rings. The van der Waals surface area contributed by atoms with Crippen molar-refractivity contribution in [2.24, 2.45) is 0 Å². The third-order valence-corrected chi connectivity index (χ3v) is 4.45. The van der Waals surface area contributed by atoms with Gasteiger partial charge in [-0.2, -0.15) is 0 Å². The fourth-order valence-corrected chi connectivity index (χ4v) is 2.98. The van der Waals surface area contributed by atoms with Crippen LogP contribution in [-0.4, -0.2) is 18.9 Å². The van der Waals surface area contributed by atoms with Gasteiger partial charge in [0.25, 0.3) is 0 Å². The molecule has 0 aliphatic carbocycles. The smallest absolute Gasteiger partial charge is 0.231 e. The zero-order valence-corrected chi connectivity index (χ0v) is 14.3. The zero-order valence-electron chi connectivity index (χ0n) is 14.3. The highest BCUT2D eigenvalue weighted by atomic mass is 16.2. The molecule has 0 saturated heterocycles. The summed E-state index contributed by atoms with van der Waals surface area (Å²) in [6, 6.07) is 13.7. The molecule has 1 N–H and O–H groups in total. The van der Waals surface area contributed by atoms with Gasteiger partial charge in [0.05, 0.1) is 12.8 Å². The molecule has 0 aromatic heterocycles. The lowest BCUT2D eigenvalue weighted by atomic mass is 10.0. The number of nitrogens with one attached hydrogen (secondary N) is 1. The second-order valence-corrected chi connectivity index (χ2v) is 6.59. The van der Waals surface area contributed by atoms with E-state index in [1.807, 2.05) is 42.5 Å². The van der Waals surface area contributed by atoms with Gasteiger partial charge in [-0.25, -0.2) is 0 Å². The summed E-state index contributed by atoms with van der Waals surface area (Å²) in [7, 11) is 1.78. The van der Waals surface area contributed by atoms with Crippen LogP contribution in [0.3, 0.4) is 0 Å². The fraction of sp³-hybridized carbons (Fsp3) is 0.300. The molecular weight excluding hydrogens is 300 g/mol. The standard InChI is InChI=1S/C20H22N2O2/c1-13(2)15-5-7-17(8-6-15)21-19(23)11-14-4-9-18-16(10-14)12-20(24)22(18)3/h4-10,13H,11-12H2,1-3H3,(H,21,23). The topological polar surface area (TPSA) is 49.4 Å². The molecule has 1 aliphatic heterocycles. The number of anilines is 2. The van der Waals surface area contributed by atoms with Crippen LogP contribution in [0.1, 0.15) is 36.5 Å². The van der Waals surface area contributed by atoms with Crippen molar-refractivity contribution in [3.8, 4) is 0 Å². The zero-order chi connectivity index (χ0) is 17.3. The number of hydrogen-bond donors (Lipinski definition) is 1. The van der Waals surface area contributed by atoms with E-state index in [1.54, 1.807) is 11.9 Å². The summed E-state index contributed by atoms with van der Waals surface area (Å²) in [5.74, 6) is 0.517. The lowest BCUT2D eigenvalue weighted by molar-refractivity contribution is -0.117. The third-order valence-electron chi connectivity index (χ3n) is 4.45. The molecule has 0 fully saturated rings.